The molecule has 0 aliphatic rings. The van der Waals surface area contributed by atoms with Crippen LogP contribution in [0.4, 0.5) is 4.79 Å². The minimum Gasteiger partial charge on any atom is -0.444 e. The molecular formula is C17H23NO3. The standard InChI is InChI=1S/C17H23NO3/c1-13-14(9-7-10-15(13)12-19)8-5-6-11-18-16(20)21-17(2,3)4/h7,9-10,19H,6,11-12H2,1-4H3,(H,18,20). The summed E-state index contributed by atoms with van der Waals surface area (Å²) in [5.41, 5.74) is 2.29. The smallest absolute Gasteiger partial charge is 0.407 e. The summed E-state index contributed by atoms with van der Waals surface area (Å²) >= 11 is 0. The molecule has 21 heavy (non-hydrogen) atoms. The van der Waals surface area contributed by atoms with Gasteiger partial charge in [0, 0.05) is 18.5 Å². The molecule has 0 fully saturated rings. The molecule has 114 valence electrons. The number of rotatable bonds is 3. The molecular weight excluding hydrogens is 266 g/mol. The van der Waals surface area contributed by atoms with Crippen LogP contribution in [0.3, 0.4) is 0 Å². The number of hydrogen-bond donors (Lipinski definition) is 2. The van der Waals surface area contributed by atoms with Gasteiger partial charge in [-0.1, -0.05) is 24.0 Å². The zero-order chi connectivity index (χ0) is 15.9. The van der Waals surface area contributed by atoms with Crippen LogP contribution >= 0.6 is 0 Å². The zero-order valence-electron chi connectivity index (χ0n) is 13.1. The second-order valence-corrected chi connectivity index (χ2v) is 5.73. The van der Waals surface area contributed by atoms with E-state index >= 15 is 0 Å². The van der Waals surface area contributed by atoms with Crippen LogP contribution in [0.1, 0.15) is 43.9 Å². The van der Waals surface area contributed by atoms with Crippen LogP contribution in [0, 0.1) is 18.8 Å². The lowest BCUT2D eigenvalue weighted by Gasteiger charge is -2.19. The van der Waals surface area contributed by atoms with E-state index in [2.05, 4.69) is 17.2 Å². The average Bonchev–Trinajstić information content (AvgIpc) is 2.38. The molecule has 4 heteroatoms. The summed E-state index contributed by atoms with van der Waals surface area (Å²) in [6, 6.07) is 5.68. The van der Waals surface area contributed by atoms with Crippen molar-refractivity contribution in [3.05, 3.63) is 34.9 Å². The third-order valence-corrected chi connectivity index (χ3v) is 2.76. The number of alkyl carbamates (subject to hydrolysis) is 1. The van der Waals surface area contributed by atoms with Crippen molar-refractivity contribution in [3.8, 4) is 11.8 Å². The maximum atomic E-state index is 11.4. The van der Waals surface area contributed by atoms with Crippen molar-refractivity contribution in [2.45, 2.75) is 46.3 Å². The Bertz CT molecular complexity index is 547. The molecule has 0 spiro atoms. The summed E-state index contributed by atoms with van der Waals surface area (Å²) in [4.78, 5) is 11.4. The molecule has 2 N–H and O–H groups in total. The fourth-order valence-corrected chi connectivity index (χ4v) is 1.69. The van der Waals surface area contributed by atoms with Gasteiger partial charge in [-0.3, -0.25) is 0 Å². The number of ether oxygens (including phenoxy) is 1. The SMILES string of the molecule is Cc1c(C#CCCNC(=O)OC(C)(C)C)cccc1CO. The Morgan fingerprint density at radius 2 is 2.10 bits per heavy atom. The number of hydrogen-bond acceptors (Lipinski definition) is 3. The molecule has 0 saturated carbocycles. The van der Waals surface area contributed by atoms with Crippen LogP contribution in [-0.2, 0) is 11.3 Å². The molecule has 0 aromatic heterocycles. The van der Waals surface area contributed by atoms with E-state index in [1.54, 1.807) is 0 Å². The maximum absolute atomic E-state index is 11.4. The topological polar surface area (TPSA) is 58.6 Å². The van der Waals surface area contributed by atoms with Gasteiger partial charge in [0.15, 0.2) is 0 Å². The fourth-order valence-electron chi connectivity index (χ4n) is 1.69. The van der Waals surface area contributed by atoms with Crippen LogP contribution in [0.2, 0.25) is 0 Å². The number of carbonyl (C=O) groups excluding carboxylic acids is 1. The highest BCUT2D eigenvalue weighted by Crippen LogP contribution is 2.12. The molecule has 1 amide bonds. The number of benzene rings is 1. The Morgan fingerprint density at radius 1 is 1.38 bits per heavy atom. The second kappa shape index (κ2) is 7.70. The van der Waals surface area contributed by atoms with Crippen LogP contribution in [0.5, 0.6) is 0 Å². The highest BCUT2D eigenvalue weighted by atomic mass is 16.6. The summed E-state index contributed by atoms with van der Waals surface area (Å²) in [7, 11) is 0. The Morgan fingerprint density at radius 3 is 2.71 bits per heavy atom. The summed E-state index contributed by atoms with van der Waals surface area (Å²) < 4.78 is 5.13. The average molecular weight is 289 g/mol. The first-order chi connectivity index (χ1) is 9.83. The van der Waals surface area contributed by atoms with Crippen molar-refractivity contribution < 1.29 is 14.6 Å². The van der Waals surface area contributed by atoms with Gasteiger partial charge in [-0.15, -0.1) is 0 Å². The monoisotopic (exact) mass is 289 g/mol. The van der Waals surface area contributed by atoms with Crippen molar-refractivity contribution in [1.82, 2.24) is 5.32 Å². The Balaban J connectivity index is 2.46. The molecule has 0 saturated heterocycles. The molecule has 0 heterocycles. The molecule has 0 radical (unpaired) electrons. The first kappa shape index (κ1) is 17.1. The van der Waals surface area contributed by atoms with Crippen LogP contribution in [-0.4, -0.2) is 23.3 Å². The van der Waals surface area contributed by atoms with E-state index in [1.165, 1.54) is 0 Å². The first-order valence-electron chi connectivity index (χ1n) is 6.98. The highest BCUT2D eigenvalue weighted by molar-refractivity contribution is 5.67. The normalized spacial score (nSPS) is 10.5. The third-order valence-electron chi connectivity index (χ3n) is 2.76. The summed E-state index contributed by atoms with van der Waals surface area (Å²) in [5, 5.41) is 11.9. The van der Waals surface area contributed by atoms with Gasteiger partial charge < -0.3 is 15.2 Å². The molecule has 0 atom stereocenters. The van der Waals surface area contributed by atoms with Crippen LogP contribution in [0.15, 0.2) is 18.2 Å². The fraction of sp³-hybridized carbons (Fsp3) is 0.471. The van der Waals surface area contributed by atoms with Crippen molar-refractivity contribution >= 4 is 6.09 Å². The van der Waals surface area contributed by atoms with E-state index in [4.69, 9.17) is 4.74 Å². The number of amides is 1. The second-order valence-electron chi connectivity index (χ2n) is 5.73. The molecule has 4 nitrogen and oxygen atoms in total. The van der Waals surface area contributed by atoms with E-state index < -0.39 is 11.7 Å². The number of aliphatic hydroxyl groups is 1. The van der Waals surface area contributed by atoms with Crippen molar-refractivity contribution in [2.24, 2.45) is 0 Å². The number of nitrogens with one attached hydrogen (secondary N) is 1. The van der Waals surface area contributed by atoms with Crippen molar-refractivity contribution in [1.29, 1.82) is 0 Å². The van der Waals surface area contributed by atoms with Gasteiger partial charge in [0.2, 0.25) is 0 Å². The van der Waals surface area contributed by atoms with E-state index in [-0.39, 0.29) is 6.61 Å². The Labute approximate surface area is 126 Å². The van der Waals surface area contributed by atoms with Crippen LogP contribution in [0.25, 0.3) is 0 Å². The first-order valence-corrected chi connectivity index (χ1v) is 6.98. The lowest BCUT2D eigenvalue weighted by atomic mass is 10.0. The van der Waals surface area contributed by atoms with Crippen LogP contribution < -0.4 is 5.32 Å². The molecule has 1 aromatic rings. The van der Waals surface area contributed by atoms with E-state index in [1.807, 2.05) is 45.9 Å². The third kappa shape index (κ3) is 6.33. The van der Waals surface area contributed by atoms with Gasteiger partial charge in [-0.05, 0) is 44.9 Å². The van der Waals surface area contributed by atoms with Gasteiger partial charge in [0.25, 0.3) is 0 Å². The van der Waals surface area contributed by atoms with Crippen molar-refractivity contribution in [3.63, 3.8) is 0 Å². The highest BCUT2D eigenvalue weighted by Gasteiger charge is 2.15. The summed E-state index contributed by atoms with van der Waals surface area (Å²) in [6.45, 7) is 7.87. The zero-order valence-corrected chi connectivity index (χ0v) is 13.1. The largest absolute Gasteiger partial charge is 0.444 e. The van der Waals surface area contributed by atoms with Gasteiger partial charge in [0.05, 0.1) is 6.61 Å². The molecule has 0 aliphatic carbocycles. The van der Waals surface area contributed by atoms with E-state index in [9.17, 15) is 9.90 Å². The summed E-state index contributed by atoms with van der Waals surface area (Å²) in [6.07, 6.45) is 0.116. The summed E-state index contributed by atoms with van der Waals surface area (Å²) in [5.74, 6) is 6.07. The molecule has 1 rings (SSSR count). The lowest BCUT2D eigenvalue weighted by molar-refractivity contribution is 0.0529. The van der Waals surface area contributed by atoms with Gasteiger partial charge in [-0.25, -0.2) is 4.79 Å². The van der Waals surface area contributed by atoms with Crippen molar-refractivity contribution in [2.75, 3.05) is 6.54 Å². The lowest BCUT2D eigenvalue weighted by Crippen LogP contribution is -2.32. The van der Waals surface area contributed by atoms with E-state index in [0.717, 1.165) is 16.7 Å². The molecule has 0 bridgehead atoms. The van der Waals surface area contributed by atoms with Gasteiger partial charge in [-0.2, -0.15) is 0 Å². The Hall–Kier alpha value is -1.99. The molecule has 1 aromatic carbocycles. The maximum Gasteiger partial charge on any atom is 0.407 e. The Kier molecular flexibility index (Phi) is 6.26. The predicted molar refractivity (Wildman–Crippen MR) is 82.8 cm³/mol. The number of carbonyl (C=O) groups is 1. The van der Waals surface area contributed by atoms with Gasteiger partial charge in [0.1, 0.15) is 5.60 Å². The molecule has 0 unspecified atom stereocenters. The predicted octanol–water partition coefficient (Wildman–Crippen LogP) is 2.75. The minimum atomic E-state index is -0.488. The minimum absolute atomic E-state index is 0.0154. The number of aliphatic hydroxyl groups excluding tert-OH is 1. The van der Waals surface area contributed by atoms with E-state index in [0.29, 0.717) is 13.0 Å². The molecule has 0 aliphatic heterocycles. The van der Waals surface area contributed by atoms with Gasteiger partial charge >= 0.3 is 6.09 Å². The quantitative estimate of drug-likeness (QED) is 0.664.